The molecule has 6 nitrogen and oxygen atoms in total. The standard InChI is InChI=1S/C20H22N4O2/c1-16-21-10-11-24(16)19-8-7-18(13-22-19)14-23-20(25)15-26-12-9-17-5-3-2-4-6-17/h2-8,10-11,13H,9,12,14-15H2,1H3,(H,23,25). The van der Waals surface area contributed by atoms with Crippen molar-refractivity contribution in [3.63, 3.8) is 0 Å². The Hall–Kier alpha value is -2.99. The molecule has 2 heterocycles. The first kappa shape index (κ1) is 17.8. The molecule has 0 saturated carbocycles. The maximum Gasteiger partial charge on any atom is 0.246 e. The minimum atomic E-state index is -0.132. The Morgan fingerprint density at radius 2 is 1.96 bits per heavy atom. The first-order valence-corrected chi connectivity index (χ1v) is 8.56. The van der Waals surface area contributed by atoms with E-state index in [2.05, 4.69) is 15.3 Å². The molecule has 3 rings (SSSR count). The molecule has 0 fully saturated rings. The van der Waals surface area contributed by atoms with Crippen LogP contribution in [-0.2, 0) is 22.5 Å². The van der Waals surface area contributed by atoms with Crippen LogP contribution in [0.1, 0.15) is 17.0 Å². The van der Waals surface area contributed by atoms with Crippen molar-refractivity contribution >= 4 is 5.91 Å². The third-order valence-corrected chi connectivity index (χ3v) is 3.98. The molecular weight excluding hydrogens is 328 g/mol. The van der Waals surface area contributed by atoms with Gasteiger partial charge < -0.3 is 10.1 Å². The van der Waals surface area contributed by atoms with E-state index in [9.17, 15) is 4.79 Å². The first-order valence-electron chi connectivity index (χ1n) is 8.56. The lowest BCUT2D eigenvalue weighted by Crippen LogP contribution is -2.27. The van der Waals surface area contributed by atoms with E-state index in [0.717, 1.165) is 23.6 Å². The van der Waals surface area contributed by atoms with Crippen LogP contribution in [0.2, 0.25) is 0 Å². The molecule has 3 aromatic rings. The number of carbonyl (C=O) groups excluding carboxylic acids is 1. The Kier molecular flexibility index (Phi) is 6.11. The number of imidazole rings is 1. The van der Waals surface area contributed by atoms with Crippen LogP contribution in [0.5, 0.6) is 0 Å². The van der Waals surface area contributed by atoms with Crippen LogP contribution in [0, 0.1) is 6.92 Å². The van der Waals surface area contributed by atoms with Crippen LogP contribution in [-0.4, -0.2) is 33.7 Å². The number of nitrogens with one attached hydrogen (secondary N) is 1. The highest BCUT2D eigenvalue weighted by atomic mass is 16.5. The lowest BCUT2D eigenvalue weighted by Gasteiger charge is -2.08. The van der Waals surface area contributed by atoms with Crippen LogP contribution in [0.25, 0.3) is 5.82 Å². The summed E-state index contributed by atoms with van der Waals surface area (Å²) in [5, 5.41) is 2.84. The molecular formula is C20H22N4O2. The molecule has 0 unspecified atom stereocenters. The van der Waals surface area contributed by atoms with Gasteiger partial charge in [-0.3, -0.25) is 9.36 Å². The highest BCUT2D eigenvalue weighted by molar-refractivity contribution is 5.77. The molecule has 0 radical (unpaired) electrons. The average Bonchev–Trinajstić information content (AvgIpc) is 3.11. The van der Waals surface area contributed by atoms with Gasteiger partial charge in [0.2, 0.25) is 5.91 Å². The largest absolute Gasteiger partial charge is 0.371 e. The third kappa shape index (κ3) is 5.00. The number of aromatic nitrogens is 3. The minimum Gasteiger partial charge on any atom is -0.371 e. The van der Waals surface area contributed by atoms with Crippen LogP contribution < -0.4 is 5.32 Å². The van der Waals surface area contributed by atoms with Crippen LogP contribution in [0.15, 0.2) is 61.1 Å². The summed E-state index contributed by atoms with van der Waals surface area (Å²) < 4.78 is 7.34. The van der Waals surface area contributed by atoms with Crippen LogP contribution >= 0.6 is 0 Å². The molecule has 0 aliphatic heterocycles. The van der Waals surface area contributed by atoms with Gasteiger partial charge in [0, 0.05) is 25.1 Å². The molecule has 26 heavy (non-hydrogen) atoms. The second-order valence-electron chi connectivity index (χ2n) is 5.93. The van der Waals surface area contributed by atoms with Gasteiger partial charge >= 0.3 is 0 Å². The molecule has 0 spiro atoms. The lowest BCUT2D eigenvalue weighted by atomic mass is 10.2. The SMILES string of the molecule is Cc1nccn1-c1ccc(CNC(=O)COCCc2ccccc2)cn1. The van der Waals surface area contributed by atoms with Gasteiger partial charge in [-0.05, 0) is 30.5 Å². The Morgan fingerprint density at radius 1 is 1.12 bits per heavy atom. The maximum atomic E-state index is 11.9. The second-order valence-corrected chi connectivity index (χ2v) is 5.93. The Balaban J connectivity index is 1.38. The summed E-state index contributed by atoms with van der Waals surface area (Å²) in [6.45, 7) is 2.94. The van der Waals surface area contributed by atoms with Crippen molar-refractivity contribution in [2.45, 2.75) is 19.9 Å². The fourth-order valence-corrected chi connectivity index (χ4v) is 2.54. The van der Waals surface area contributed by atoms with Crippen molar-refractivity contribution in [3.05, 3.63) is 78.0 Å². The summed E-state index contributed by atoms with van der Waals surface area (Å²) in [4.78, 5) is 20.4. The predicted molar refractivity (Wildman–Crippen MR) is 98.9 cm³/mol. The monoisotopic (exact) mass is 350 g/mol. The number of hydrogen-bond acceptors (Lipinski definition) is 4. The van der Waals surface area contributed by atoms with E-state index in [1.165, 1.54) is 5.56 Å². The van der Waals surface area contributed by atoms with E-state index in [0.29, 0.717) is 13.2 Å². The molecule has 6 heteroatoms. The molecule has 1 amide bonds. The zero-order valence-corrected chi connectivity index (χ0v) is 14.8. The van der Waals surface area contributed by atoms with Gasteiger partial charge in [0.1, 0.15) is 18.2 Å². The maximum absolute atomic E-state index is 11.9. The third-order valence-electron chi connectivity index (χ3n) is 3.98. The predicted octanol–water partition coefficient (Wildman–Crippen LogP) is 2.45. The molecule has 0 aliphatic carbocycles. The van der Waals surface area contributed by atoms with Gasteiger partial charge in [0.15, 0.2) is 0 Å². The van der Waals surface area contributed by atoms with E-state index >= 15 is 0 Å². The van der Waals surface area contributed by atoms with Gasteiger partial charge in [-0.25, -0.2) is 9.97 Å². The smallest absolute Gasteiger partial charge is 0.246 e. The van der Waals surface area contributed by atoms with E-state index in [4.69, 9.17) is 4.74 Å². The molecule has 0 saturated heterocycles. The Bertz CT molecular complexity index is 829. The van der Waals surface area contributed by atoms with Gasteiger partial charge in [-0.1, -0.05) is 36.4 Å². The summed E-state index contributed by atoms with van der Waals surface area (Å²) in [6.07, 6.45) is 6.16. The quantitative estimate of drug-likeness (QED) is 0.634. The van der Waals surface area contributed by atoms with Crippen molar-refractivity contribution in [2.24, 2.45) is 0 Å². The molecule has 0 atom stereocenters. The fourth-order valence-electron chi connectivity index (χ4n) is 2.54. The molecule has 1 aromatic carbocycles. The van der Waals surface area contributed by atoms with Crippen molar-refractivity contribution in [2.75, 3.05) is 13.2 Å². The number of benzene rings is 1. The van der Waals surface area contributed by atoms with Crippen LogP contribution in [0.3, 0.4) is 0 Å². The number of ether oxygens (including phenoxy) is 1. The van der Waals surface area contributed by atoms with Crippen molar-refractivity contribution in [1.82, 2.24) is 19.9 Å². The number of aryl methyl sites for hydroxylation is 1. The van der Waals surface area contributed by atoms with E-state index in [1.807, 2.05) is 60.2 Å². The highest BCUT2D eigenvalue weighted by Crippen LogP contribution is 2.08. The Morgan fingerprint density at radius 3 is 2.65 bits per heavy atom. The van der Waals surface area contributed by atoms with Gasteiger partial charge in [0.05, 0.1) is 6.61 Å². The Labute approximate surface area is 152 Å². The molecule has 1 N–H and O–H groups in total. The number of pyridine rings is 1. The highest BCUT2D eigenvalue weighted by Gasteiger charge is 2.04. The molecule has 0 aliphatic rings. The molecule has 0 bridgehead atoms. The van der Waals surface area contributed by atoms with E-state index in [-0.39, 0.29) is 12.5 Å². The zero-order chi connectivity index (χ0) is 18.2. The second kappa shape index (κ2) is 8.92. The average molecular weight is 350 g/mol. The molecule has 134 valence electrons. The van der Waals surface area contributed by atoms with Gasteiger partial charge in [0.25, 0.3) is 0 Å². The van der Waals surface area contributed by atoms with Crippen molar-refractivity contribution < 1.29 is 9.53 Å². The number of rotatable bonds is 8. The van der Waals surface area contributed by atoms with E-state index in [1.54, 1.807) is 12.4 Å². The summed E-state index contributed by atoms with van der Waals surface area (Å²) in [7, 11) is 0. The van der Waals surface area contributed by atoms with Crippen LogP contribution in [0.4, 0.5) is 0 Å². The zero-order valence-electron chi connectivity index (χ0n) is 14.8. The van der Waals surface area contributed by atoms with Crippen molar-refractivity contribution in [1.29, 1.82) is 0 Å². The van der Waals surface area contributed by atoms with Crippen molar-refractivity contribution in [3.8, 4) is 5.82 Å². The van der Waals surface area contributed by atoms with E-state index < -0.39 is 0 Å². The summed E-state index contributed by atoms with van der Waals surface area (Å²) >= 11 is 0. The summed E-state index contributed by atoms with van der Waals surface area (Å²) in [5.74, 6) is 1.55. The number of hydrogen-bond donors (Lipinski definition) is 1. The minimum absolute atomic E-state index is 0.0621. The summed E-state index contributed by atoms with van der Waals surface area (Å²) in [5.41, 5.74) is 2.14. The molecule has 2 aromatic heterocycles. The fraction of sp³-hybridized carbons (Fsp3) is 0.250. The number of nitrogens with zero attached hydrogens (tertiary/aromatic N) is 3. The first-order chi connectivity index (χ1) is 12.7. The van der Waals surface area contributed by atoms with Gasteiger partial charge in [-0.2, -0.15) is 0 Å². The number of amides is 1. The normalized spacial score (nSPS) is 10.7. The summed E-state index contributed by atoms with van der Waals surface area (Å²) in [6, 6.07) is 13.9. The topological polar surface area (TPSA) is 69.0 Å². The number of carbonyl (C=O) groups is 1. The van der Waals surface area contributed by atoms with Gasteiger partial charge in [-0.15, -0.1) is 0 Å². The lowest BCUT2D eigenvalue weighted by molar-refractivity contribution is -0.125.